The summed E-state index contributed by atoms with van der Waals surface area (Å²) < 4.78 is 0. The van der Waals surface area contributed by atoms with Crippen LogP contribution in [-0.2, 0) is 4.79 Å². The van der Waals surface area contributed by atoms with E-state index in [4.69, 9.17) is 11.6 Å². The van der Waals surface area contributed by atoms with Gasteiger partial charge in [-0.25, -0.2) is 9.97 Å². The molecule has 0 aliphatic carbocycles. The number of carbonyl (C=O) groups is 1. The maximum Gasteiger partial charge on any atom is 0.227 e. The third kappa shape index (κ3) is 3.79. The van der Waals surface area contributed by atoms with Gasteiger partial charge in [0.05, 0.1) is 0 Å². The minimum Gasteiger partial charge on any atom is -0.341 e. The lowest BCUT2D eigenvalue weighted by Crippen LogP contribution is -2.39. The van der Waals surface area contributed by atoms with E-state index in [1.807, 2.05) is 19.1 Å². The first-order valence-electron chi connectivity index (χ1n) is 7.72. The van der Waals surface area contributed by atoms with Crippen LogP contribution in [0.2, 0.25) is 5.02 Å². The van der Waals surface area contributed by atoms with Gasteiger partial charge in [-0.3, -0.25) is 4.79 Å². The van der Waals surface area contributed by atoms with E-state index >= 15 is 0 Å². The van der Waals surface area contributed by atoms with Gasteiger partial charge in [0.15, 0.2) is 0 Å². The van der Waals surface area contributed by atoms with Crippen LogP contribution in [0.3, 0.4) is 0 Å². The molecule has 1 aromatic heterocycles. The Bertz CT molecular complexity index is 684. The quantitative estimate of drug-likeness (QED) is 0.938. The Morgan fingerprint density at radius 3 is 2.61 bits per heavy atom. The summed E-state index contributed by atoms with van der Waals surface area (Å²) >= 11 is 6.10. The maximum atomic E-state index is 12.4. The summed E-state index contributed by atoms with van der Waals surface area (Å²) in [7, 11) is 0. The zero-order chi connectivity index (χ0) is 16.2. The molecule has 1 saturated heterocycles. The van der Waals surface area contributed by atoms with E-state index in [-0.39, 0.29) is 11.8 Å². The Hall–Kier alpha value is -2.14. The average Bonchev–Trinajstić information content (AvgIpc) is 2.59. The molecule has 1 aliphatic heterocycles. The van der Waals surface area contributed by atoms with Crippen LogP contribution in [0.1, 0.15) is 18.4 Å². The maximum absolute atomic E-state index is 12.4. The zero-order valence-corrected chi connectivity index (χ0v) is 13.8. The first kappa shape index (κ1) is 15.7. The van der Waals surface area contributed by atoms with Gasteiger partial charge in [0, 0.05) is 42.1 Å². The number of hydrogen-bond donors (Lipinski definition) is 1. The molecule has 6 heteroatoms. The van der Waals surface area contributed by atoms with Crippen molar-refractivity contribution in [1.29, 1.82) is 0 Å². The van der Waals surface area contributed by atoms with Crippen LogP contribution in [0.15, 0.2) is 36.7 Å². The number of nitrogens with zero attached hydrogens (tertiary/aromatic N) is 3. The van der Waals surface area contributed by atoms with Crippen LogP contribution in [0, 0.1) is 12.8 Å². The summed E-state index contributed by atoms with van der Waals surface area (Å²) in [4.78, 5) is 23.0. The second-order valence-electron chi connectivity index (χ2n) is 5.76. The van der Waals surface area contributed by atoms with Gasteiger partial charge < -0.3 is 10.2 Å². The molecule has 0 spiro atoms. The number of halogens is 1. The molecule has 2 heterocycles. The number of amides is 1. The van der Waals surface area contributed by atoms with E-state index in [0.717, 1.165) is 43.1 Å². The number of benzene rings is 1. The fraction of sp³-hybridized carbons (Fsp3) is 0.353. The molecule has 0 unspecified atom stereocenters. The normalized spacial score (nSPS) is 15.5. The third-order valence-corrected chi connectivity index (χ3v) is 4.55. The Labute approximate surface area is 140 Å². The van der Waals surface area contributed by atoms with Crippen LogP contribution >= 0.6 is 11.6 Å². The molecule has 0 radical (unpaired) electrons. The largest absolute Gasteiger partial charge is 0.341 e. The van der Waals surface area contributed by atoms with Crippen molar-refractivity contribution in [3.05, 3.63) is 47.2 Å². The van der Waals surface area contributed by atoms with E-state index < -0.39 is 0 Å². The van der Waals surface area contributed by atoms with Crippen LogP contribution in [0.5, 0.6) is 0 Å². The highest BCUT2D eigenvalue weighted by Crippen LogP contribution is 2.24. The smallest absolute Gasteiger partial charge is 0.227 e. The van der Waals surface area contributed by atoms with E-state index in [9.17, 15) is 4.79 Å². The second kappa shape index (κ2) is 6.96. The summed E-state index contributed by atoms with van der Waals surface area (Å²) in [5, 5.41) is 3.63. The number of nitrogens with one attached hydrogen (secondary N) is 1. The minimum atomic E-state index is 0.00930. The molecular formula is C17H19ClN4O. The lowest BCUT2D eigenvalue weighted by atomic mass is 9.96. The summed E-state index contributed by atoms with van der Waals surface area (Å²) in [6.45, 7) is 3.52. The van der Waals surface area contributed by atoms with Crippen LogP contribution in [0.4, 0.5) is 11.6 Å². The van der Waals surface area contributed by atoms with Gasteiger partial charge in [0.1, 0.15) is 0 Å². The van der Waals surface area contributed by atoms with Gasteiger partial charge in [-0.2, -0.15) is 0 Å². The first-order valence-corrected chi connectivity index (χ1v) is 8.10. The van der Waals surface area contributed by atoms with Crippen LogP contribution in [0.25, 0.3) is 0 Å². The summed E-state index contributed by atoms with van der Waals surface area (Å²) in [6.07, 6.45) is 5.07. The highest BCUT2D eigenvalue weighted by Gasteiger charge is 2.26. The second-order valence-corrected chi connectivity index (χ2v) is 6.17. The van der Waals surface area contributed by atoms with Crippen molar-refractivity contribution in [2.75, 3.05) is 23.3 Å². The highest BCUT2D eigenvalue weighted by atomic mass is 35.5. The number of anilines is 2. The van der Waals surface area contributed by atoms with Gasteiger partial charge in [-0.15, -0.1) is 0 Å². The summed E-state index contributed by atoms with van der Waals surface area (Å²) in [6, 6.07) is 7.39. The summed E-state index contributed by atoms with van der Waals surface area (Å²) in [5.41, 5.74) is 1.75. The van der Waals surface area contributed by atoms with E-state index in [1.165, 1.54) is 0 Å². The number of rotatable bonds is 3. The van der Waals surface area contributed by atoms with Crippen molar-refractivity contribution >= 4 is 29.1 Å². The van der Waals surface area contributed by atoms with Crippen LogP contribution < -0.4 is 10.2 Å². The molecule has 120 valence electrons. The Balaban J connectivity index is 1.57. The molecule has 2 aromatic rings. The molecule has 0 bridgehead atoms. The highest BCUT2D eigenvalue weighted by molar-refractivity contribution is 6.31. The Morgan fingerprint density at radius 1 is 1.26 bits per heavy atom. The fourth-order valence-electron chi connectivity index (χ4n) is 2.71. The first-order chi connectivity index (χ1) is 11.1. The SMILES string of the molecule is Cc1ccc(NC(=O)C2CCN(c3ncccn3)CC2)cc1Cl. The van der Waals surface area contributed by atoms with Gasteiger partial charge in [0.2, 0.25) is 11.9 Å². The fourth-order valence-corrected chi connectivity index (χ4v) is 2.89. The number of aryl methyl sites for hydroxylation is 1. The molecule has 5 nitrogen and oxygen atoms in total. The summed E-state index contributed by atoms with van der Waals surface area (Å²) in [5.74, 6) is 0.797. The van der Waals surface area contributed by atoms with Crippen molar-refractivity contribution in [3.63, 3.8) is 0 Å². The van der Waals surface area contributed by atoms with Crippen molar-refractivity contribution < 1.29 is 4.79 Å². The van der Waals surface area contributed by atoms with Crippen molar-refractivity contribution in [2.24, 2.45) is 5.92 Å². The molecule has 1 amide bonds. The molecule has 0 atom stereocenters. The van der Waals surface area contributed by atoms with Crippen LogP contribution in [-0.4, -0.2) is 29.0 Å². The molecular weight excluding hydrogens is 312 g/mol. The lowest BCUT2D eigenvalue weighted by molar-refractivity contribution is -0.120. The van der Waals surface area contributed by atoms with Gasteiger partial charge in [-0.05, 0) is 43.5 Å². The van der Waals surface area contributed by atoms with Crippen molar-refractivity contribution in [1.82, 2.24) is 9.97 Å². The molecule has 0 saturated carbocycles. The van der Waals surface area contributed by atoms with Gasteiger partial charge in [-0.1, -0.05) is 17.7 Å². The molecule has 1 fully saturated rings. The van der Waals surface area contributed by atoms with E-state index in [2.05, 4.69) is 20.2 Å². The zero-order valence-electron chi connectivity index (χ0n) is 13.0. The molecule has 1 N–H and O–H groups in total. The predicted octanol–water partition coefficient (Wildman–Crippen LogP) is 3.29. The average molecular weight is 331 g/mol. The lowest BCUT2D eigenvalue weighted by Gasteiger charge is -2.31. The molecule has 3 rings (SSSR count). The minimum absolute atomic E-state index is 0.00930. The number of hydrogen-bond acceptors (Lipinski definition) is 4. The van der Waals surface area contributed by atoms with E-state index in [1.54, 1.807) is 24.5 Å². The van der Waals surface area contributed by atoms with Gasteiger partial charge in [0.25, 0.3) is 0 Å². The topological polar surface area (TPSA) is 58.1 Å². The number of piperidine rings is 1. The standard InChI is InChI=1S/C17H19ClN4O/c1-12-3-4-14(11-15(12)18)21-16(23)13-5-9-22(10-6-13)17-19-7-2-8-20-17/h2-4,7-8,11,13H,5-6,9-10H2,1H3,(H,21,23). The number of carbonyl (C=O) groups excluding carboxylic acids is 1. The Morgan fingerprint density at radius 2 is 1.96 bits per heavy atom. The van der Waals surface area contributed by atoms with E-state index in [0.29, 0.717) is 5.02 Å². The number of aromatic nitrogens is 2. The molecule has 1 aromatic carbocycles. The molecule has 23 heavy (non-hydrogen) atoms. The van der Waals surface area contributed by atoms with Crippen molar-refractivity contribution in [3.8, 4) is 0 Å². The molecule has 1 aliphatic rings. The Kier molecular flexibility index (Phi) is 4.76. The van der Waals surface area contributed by atoms with Crippen molar-refractivity contribution in [2.45, 2.75) is 19.8 Å². The predicted molar refractivity (Wildman–Crippen MR) is 91.8 cm³/mol. The monoisotopic (exact) mass is 330 g/mol. The third-order valence-electron chi connectivity index (χ3n) is 4.14. The van der Waals surface area contributed by atoms with Gasteiger partial charge >= 0.3 is 0 Å².